The summed E-state index contributed by atoms with van der Waals surface area (Å²) >= 11 is 0. The minimum absolute atomic E-state index is 0.512. The maximum absolute atomic E-state index is 4.06. The molecule has 0 aromatic carbocycles. The van der Waals surface area contributed by atoms with Crippen LogP contribution in [0.4, 0.5) is 0 Å². The van der Waals surface area contributed by atoms with E-state index in [1.54, 1.807) is 0 Å². The van der Waals surface area contributed by atoms with Crippen molar-refractivity contribution < 1.29 is 0 Å². The van der Waals surface area contributed by atoms with Crippen LogP contribution in [-0.4, -0.2) is 22.1 Å². The molecule has 0 aliphatic heterocycles. The molecule has 0 radical (unpaired) electrons. The highest BCUT2D eigenvalue weighted by Crippen LogP contribution is 2.18. The number of nitrogens with zero attached hydrogens (tertiary/aromatic N) is 2. The van der Waals surface area contributed by atoms with Gasteiger partial charge in [-0.05, 0) is 19.8 Å². The maximum atomic E-state index is 4.06. The molecule has 1 aromatic heterocycles. The van der Waals surface area contributed by atoms with Crippen LogP contribution < -0.4 is 5.32 Å². The van der Waals surface area contributed by atoms with Crippen LogP contribution in [0.3, 0.4) is 0 Å². The lowest BCUT2D eigenvalue weighted by molar-refractivity contribution is 0.440. The molecule has 3 nitrogen and oxygen atoms in total. The minimum Gasteiger partial charge on any atom is -0.333 e. The van der Waals surface area contributed by atoms with E-state index in [1.807, 2.05) is 18.7 Å². The van der Waals surface area contributed by atoms with E-state index in [1.165, 1.54) is 25.7 Å². The normalized spacial score (nSPS) is 20.1. The standard InChI is InChI=1S/C11H19N3/c1-10(14-7-6-12-9-14)8-13-11-4-2-3-5-11/h6-7,9-11,13H,2-5,8H2,1H3. The molecule has 1 aliphatic carbocycles. The van der Waals surface area contributed by atoms with Crippen molar-refractivity contribution in [3.05, 3.63) is 18.7 Å². The molecule has 2 rings (SSSR count). The van der Waals surface area contributed by atoms with Crippen LogP contribution in [0.15, 0.2) is 18.7 Å². The first-order chi connectivity index (χ1) is 6.86. The van der Waals surface area contributed by atoms with E-state index in [4.69, 9.17) is 0 Å². The van der Waals surface area contributed by atoms with Crippen LogP contribution >= 0.6 is 0 Å². The average Bonchev–Trinajstić information content (AvgIpc) is 2.87. The minimum atomic E-state index is 0.512. The Balaban J connectivity index is 1.74. The van der Waals surface area contributed by atoms with Gasteiger partial charge in [-0.25, -0.2) is 4.98 Å². The lowest BCUT2D eigenvalue weighted by atomic mass is 10.2. The molecular weight excluding hydrogens is 174 g/mol. The van der Waals surface area contributed by atoms with Crippen LogP contribution in [0.25, 0.3) is 0 Å². The van der Waals surface area contributed by atoms with Gasteiger partial charge < -0.3 is 9.88 Å². The SMILES string of the molecule is CC(CNC1CCCC1)n1ccnc1. The quantitative estimate of drug-likeness (QED) is 0.792. The zero-order valence-corrected chi connectivity index (χ0v) is 8.82. The zero-order valence-electron chi connectivity index (χ0n) is 8.82. The molecule has 0 amide bonds. The van der Waals surface area contributed by atoms with E-state index in [0.29, 0.717) is 6.04 Å². The number of nitrogens with one attached hydrogen (secondary N) is 1. The first-order valence-corrected chi connectivity index (χ1v) is 5.57. The van der Waals surface area contributed by atoms with Crippen molar-refractivity contribution in [2.45, 2.75) is 44.7 Å². The van der Waals surface area contributed by atoms with Gasteiger partial charge >= 0.3 is 0 Å². The first kappa shape index (κ1) is 9.71. The Morgan fingerprint density at radius 3 is 2.93 bits per heavy atom. The molecule has 1 unspecified atom stereocenters. The molecule has 1 aliphatic rings. The lowest BCUT2D eigenvalue weighted by Crippen LogP contribution is -2.31. The van der Waals surface area contributed by atoms with Crippen LogP contribution in [-0.2, 0) is 0 Å². The summed E-state index contributed by atoms with van der Waals surface area (Å²) in [5.41, 5.74) is 0. The van der Waals surface area contributed by atoms with Crippen LogP contribution in [0.2, 0.25) is 0 Å². The molecule has 3 heteroatoms. The summed E-state index contributed by atoms with van der Waals surface area (Å²) in [6.07, 6.45) is 11.3. The lowest BCUT2D eigenvalue weighted by Gasteiger charge is -2.17. The fourth-order valence-corrected chi connectivity index (χ4v) is 2.10. The summed E-state index contributed by atoms with van der Waals surface area (Å²) in [5.74, 6) is 0. The topological polar surface area (TPSA) is 29.9 Å². The molecule has 0 spiro atoms. The monoisotopic (exact) mass is 193 g/mol. The summed E-state index contributed by atoms with van der Waals surface area (Å²) in [5, 5.41) is 3.62. The third kappa shape index (κ3) is 2.35. The Labute approximate surface area is 85.5 Å². The van der Waals surface area contributed by atoms with E-state index in [0.717, 1.165) is 12.6 Å². The van der Waals surface area contributed by atoms with Gasteiger partial charge in [0, 0.05) is 31.0 Å². The molecule has 1 atom stereocenters. The highest BCUT2D eigenvalue weighted by molar-refractivity contribution is 4.81. The fraction of sp³-hybridized carbons (Fsp3) is 0.727. The Bertz CT molecular complexity index is 250. The Kier molecular flexibility index (Phi) is 3.19. The maximum Gasteiger partial charge on any atom is 0.0948 e. The molecule has 0 bridgehead atoms. The van der Waals surface area contributed by atoms with Gasteiger partial charge in [0.25, 0.3) is 0 Å². The van der Waals surface area contributed by atoms with Crippen LogP contribution in [0, 0.1) is 0 Å². The van der Waals surface area contributed by atoms with Crippen molar-refractivity contribution in [1.29, 1.82) is 0 Å². The Hall–Kier alpha value is -0.830. The first-order valence-electron chi connectivity index (χ1n) is 5.57. The van der Waals surface area contributed by atoms with Gasteiger partial charge in [0.15, 0.2) is 0 Å². The smallest absolute Gasteiger partial charge is 0.0948 e. The molecule has 14 heavy (non-hydrogen) atoms. The molecule has 0 saturated heterocycles. The van der Waals surface area contributed by atoms with Crippen LogP contribution in [0.1, 0.15) is 38.6 Å². The molecular formula is C11H19N3. The third-order valence-corrected chi connectivity index (χ3v) is 3.09. The highest BCUT2D eigenvalue weighted by Gasteiger charge is 2.15. The summed E-state index contributed by atoms with van der Waals surface area (Å²) in [6, 6.07) is 1.28. The predicted molar refractivity (Wildman–Crippen MR) is 57.2 cm³/mol. The zero-order chi connectivity index (χ0) is 9.80. The second-order valence-electron chi connectivity index (χ2n) is 4.25. The van der Waals surface area contributed by atoms with Crippen LogP contribution in [0.5, 0.6) is 0 Å². The van der Waals surface area contributed by atoms with E-state index >= 15 is 0 Å². The van der Waals surface area contributed by atoms with Gasteiger partial charge in [-0.1, -0.05) is 12.8 Å². The van der Waals surface area contributed by atoms with Gasteiger partial charge in [0.1, 0.15) is 0 Å². The van der Waals surface area contributed by atoms with Gasteiger partial charge in [0.2, 0.25) is 0 Å². The van der Waals surface area contributed by atoms with Crippen molar-refractivity contribution in [2.24, 2.45) is 0 Å². The molecule has 78 valence electrons. The summed E-state index contributed by atoms with van der Waals surface area (Å²) in [4.78, 5) is 4.06. The van der Waals surface area contributed by atoms with Crippen molar-refractivity contribution >= 4 is 0 Å². The summed E-state index contributed by atoms with van der Waals surface area (Å²) in [6.45, 7) is 3.28. The Morgan fingerprint density at radius 1 is 1.50 bits per heavy atom. The molecule has 1 saturated carbocycles. The largest absolute Gasteiger partial charge is 0.333 e. The average molecular weight is 193 g/mol. The van der Waals surface area contributed by atoms with Crippen molar-refractivity contribution in [2.75, 3.05) is 6.54 Å². The van der Waals surface area contributed by atoms with Gasteiger partial charge in [-0.2, -0.15) is 0 Å². The second-order valence-corrected chi connectivity index (χ2v) is 4.25. The number of rotatable bonds is 4. The van der Waals surface area contributed by atoms with E-state index < -0.39 is 0 Å². The number of aromatic nitrogens is 2. The van der Waals surface area contributed by atoms with Gasteiger partial charge in [0.05, 0.1) is 6.33 Å². The van der Waals surface area contributed by atoms with Gasteiger partial charge in [-0.3, -0.25) is 0 Å². The van der Waals surface area contributed by atoms with Gasteiger partial charge in [-0.15, -0.1) is 0 Å². The summed E-state index contributed by atoms with van der Waals surface area (Å²) in [7, 11) is 0. The number of imidazole rings is 1. The summed E-state index contributed by atoms with van der Waals surface area (Å²) < 4.78 is 2.15. The third-order valence-electron chi connectivity index (χ3n) is 3.09. The fourth-order valence-electron chi connectivity index (χ4n) is 2.10. The van der Waals surface area contributed by atoms with Crippen molar-refractivity contribution in [3.63, 3.8) is 0 Å². The van der Waals surface area contributed by atoms with E-state index in [9.17, 15) is 0 Å². The van der Waals surface area contributed by atoms with Crippen molar-refractivity contribution in [1.82, 2.24) is 14.9 Å². The highest BCUT2D eigenvalue weighted by atomic mass is 15.1. The molecule has 1 aromatic rings. The van der Waals surface area contributed by atoms with E-state index in [-0.39, 0.29) is 0 Å². The molecule has 1 N–H and O–H groups in total. The van der Waals surface area contributed by atoms with Crippen molar-refractivity contribution in [3.8, 4) is 0 Å². The number of hydrogen-bond donors (Lipinski definition) is 1. The molecule has 1 heterocycles. The second kappa shape index (κ2) is 4.60. The molecule has 1 fully saturated rings. The predicted octanol–water partition coefficient (Wildman–Crippen LogP) is 1.98. The number of hydrogen-bond acceptors (Lipinski definition) is 2. The Morgan fingerprint density at radius 2 is 2.29 bits per heavy atom. The van der Waals surface area contributed by atoms with E-state index in [2.05, 4.69) is 21.8 Å².